The summed E-state index contributed by atoms with van der Waals surface area (Å²) in [6, 6.07) is 0.645. The highest BCUT2D eigenvalue weighted by Gasteiger charge is 2.25. The van der Waals surface area contributed by atoms with Crippen LogP contribution in [0.1, 0.15) is 11.7 Å². The molecule has 15 heavy (non-hydrogen) atoms. The molecule has 0 aliphatic carbocycles. The summed E-state index contributed by atoms with van der Waals surface area (Å²) in [5.74, 6) is 0. The van der Waals surface area contributed by atoms with Crippen molar-refractivity contribution in [1.29, 1.82) is 0 Å². The van der Waals surface area contributed by atoms with Gasteiger partial charge in [-0.3, -0.25) is 10.1 Å². The smallest absolute Gasteiger partial charge is 0.258 e. The van der Waals surface area contributed by atoms with E-state index in [9.17, 15) is 23.3 Å². The Bertz CT molecular complexity index is 388. The molecular formula is C7H4ClF3N2O2. The van der Waals surface area contributed by atoms with E-state index >= 15 is 0 Å². The summed E-state index contributed by atoms with van der Waals surface area (Å²) >= 11 is 5.31. The van der Waals surface area contributed by atoms with Crippen molar-refractivity contribution < 1.29 is 18.1 Å². The second kappa shape index (κ2) is 4.43. The molecule has 0 aromatic carbocycles. The Morgan fingerprint density at radius 2 is 2.07 bits per heavy atom. The summed E-state index contributed by atoms with van der Waals surface area (Å²) in [4.78, 5) is 12.7. The van der Waals surface area contributed by atoms with Gasteiger partial charge < -0.3 is 0 Å². The van der Waals surface area contributed by atoms with E-state index in [1.165, 1.54) is 0 Å². The summed E-state index contributed by atoms with van der Waals surface area (Å²) in [7, 11) is 0. The molecule has 0 aliphatic heterocycles. The zero-order chi connectivity index (χ0) is 11.6. The van der Waals surface area contributed by atoms with Crippen LogP contribution in [0.25, 0.3) is 0 Å². The number of hydrogen-bond acceptors (Lipinski definition) is 3. The van der Waals surface area contributed by atoms with Crippen molar-refractivity contribution in [2.75, 3.05) is 0 Å². The minimum Gasteiger partial charge on any atom is -0.258 e. The van der Waals surface area contributed by atoms with Crippen LogP contribution in [-0.4, -0.2) is 16.3 Å². The Hall–Kier alpha value is -1.37. The number of nitrogens with zero attached hydrogens (tertiary/aromatic N) is 2. The van der Waals surface area contributed by atoms with Crippen molar-refractivity contribution in [3.63, 3.8) is 0 Å². The van der Waals surface area contributed by atoms with E-state index in [2.05, 4.69) is 4.98 Å². The molecule has 1 rings (SSSR count). The lowest BCUT2D eigenvalue weighted by molar-refractivity contribution is -0.385. The zero-order valence-electron chi connectivity index (χ0n) is 7.03. The molecule has 1 aromatic rings. The van der Waals surface area contributed by atoms with Crippen LogP contribution in [0.4, 0.5) is 18.9 Å². The number of aromatic nitrogens is 1. The summed E-state index contributed by atoms with van der Waals surface area (Å²) in [5, 5.41) is 9.87. The normalized spacial score (nSPS) is 12.9. The van der Waals surface area contributed by atoms with Crippen LogP contribution < -0.4 is 0 Å². The van der Waals surface area contributed by atoms with E-state index in [1.807, 2.05) is 0 Å². The van der Waals surface area contributed by atoms with Crippen LogP contribution in [0.5, 0.6) is 0 Å². The zero-order valence-corrected chi connectivity index (χ0v) is 7.79. The Morgan fingerprint density at radius 1 is 1.47 bits per heavy atom. The fourth-order valence-corrected chi connectivity index (χ4v) is 1.05. The van der Waals surface area contributed by atoms with Crippen LogP contribution in [0.2, 0.25) is 5.15 Å². The largest absolute Gasteiger partial charge is 0.306 e. The second-order valence-corrected chi connectivity index (χ2v) is 2.93. The quantitative estimate of drug-likeness (QED) is 0.464. The molecule has 1 atom stereocenters. The maximum absolute atomic E-state index is 12.8. The van der Waals surface area contributed by atoms with Crippen molar-refractivity contribution in [3.05, 3.63) is 33.1 Å². The first kappa shape index (κ1) is 11.7. The van der Waals surface area contributed by atoms with Crippen molar-refractivity contribution in [1.82, 2.24) is 4.98 Å². The molecule has 1 unspecified atom stereocenters. The maximum Gasteiger partial charge on any atom is 0.306 e. The van der Waals surface area contributed by atoms with E-state index < -0.39 is 33.9 Å². The van der Waals surface area contributed by atoms with Gasteiger partial charge in [-0.2, -0.15) is 0 Å². The number of alkyl halides is 3. The number of halogens is 4. The van der Waals surface area contributed by atoms with Gasteiger partial charge in [0.15, 0.2) is 6.17 Å². The third kappa shape index (κ3) is 2.56. The maximum atomic E-state index is 12.8. The highest BCUT2D eigenvalue weighted by Crippen LogP contribution is 2.29. The van der Waals surface area contributed by atoms with E-state index in [1.54, 1.807) is 0 Å². The SMILES string of the molecule is O=[N+]([O-])c1cc(C(F)C(F)F)cnc1Cl. The minimum atomic E-state index is -3.26. The fourth-order valence-electron chi connectivity index (χ4n) is 0.876. The minimum absolute atomic E-state index is 0.467. The van der Waals surface area contributed by atoms with Gasteiger partial charge in [0, 0.05) is 17.8 Å². The molecule has 0 radical (unpaired) electrons. The molecule has 0 N–H and O–H groups in total. The lowest BCUT2D eigenvalue weighted by Crippen LogP contribution is -2.04. The lowest BCUT2D eigenvalue weighted by Gasteiger charge is -2.06. The summed E-state index contributed by atoms with van der Waals surface area (Å²) < 4.78 is 36.7. The third-order valence-corrected chi connectivity index (χ3v) is 1.87. The average Bonchev–Trinajstić information content (AvgIpc) is 2.16. The number of rotatable bonds is 3. The first-order valence-electron chi connectivity index (χ1n) is 3.65. The molecule has 0 saturated carbocycles. The van der Waals surface area contributed by atoms with Crippen molar-refractivity contribution in [2.24, 2.45) is 0 Å². The predicted molar refractivity (Wildman–Crippen MR) is 45.8 cm³/mol. The average molecular weight is 241 g/mol. The monoisotopic (exact) mass is 240 g/mol. The van der Waals surface area contributed by atoms with Gasteiger partial charge in [0.1, 0.15) is 0 Å². The van der Waals surface area contributed by atoms with Gasteiger partial charge in [0.05, 0.1) is 4.92 Å². The van der Waals surface area contributed by atoms with Gasteiger partial charge >= 0.3 is 5.69 Å². The molecular weight excluding hydrogens is 237 g/mol. The van der Waals surface area contributed by atoms with Gasteiger partial charge in [0.2, 0.25) is 5.15 Å². The van der Waals surface area contributed by atoms with Crippen molar-refractivity contribution in [3.8, 4) is 0 Å². The summed E-state index contributed by atoms with van der Waals surface area (Å²) in [6.45, 7) is 0. The van der Waals surface area contributed by atoms with Crippen LogP contribution in [0, 0.1) is 10.1 Å². The van der Waals surface area contributed by atoms with E-state index in [-0.39, 0.29) is 0 Å². The number of hydrogen-bond donors (Lipinski definition) is 0. The summed E-state index contributed by atoms with van der Waals surface area (Å²) in [5.41, 5.74) is -1.27. The van der Waals surface area contributed by atoms with Crippen LogP contribution in [0.3, 0.4) is 0 Å². The Balaban J connectivity index is 3.13. The van der Waals surface area contributed by atoms with Gasteiger partial charge in [-0.05, 0) is 0 Å². The van der Waals surface area contributed by atoms with E-state index in [0.29, 0.717) is 6.07 Å². The molecule has 8 heteroatoms. The van der Waals surface area contributed by atoms with Crippen molar-refractivity contribution in [2.45, 2.75) is 12.6 Å². The van der Waals surface area contributed by atoms with Crippen LogP contribution in [-0.2, 0) is 0 Å². The number of pyridine rings is 1. The van der Waals surface area contributed by atoms with Crippen LogP contribution >= 0.6 is 11.6 Å². The molecule has 0 aliphatic rings. The second-order valence-electron chi connectivity index (χ2n) is 2.57. The fraction of sp³-hybridized carbons (Fsp3) is 0.286. The Labute approximate surface area is 86.8 Å². The van der Waals surface area contributed by atoms with Gasteiger partial charge in [-0.15, -0.1) is 0 Å². The molecule has 0 amide bonds. The van der Waals surface area contributed by atoms with Gasteiger partial charge in [-0.1, -0.05) is 11.6 Å². The molecule has 0 fully saturated rings. The molecule has 82 valence electrons. The van der Waals surface area contributed by atoms with Crippen molar-refractivity contribution >= 4 is 17.3 Å². The topological polar surface area (TPSA) is 56.0 Å². The molecule has 0 saturated heterocycles. The molecule has 1 aromatic heterocycles. The molecule has 1 heterocycles. The Kier molecular flexibility index (Phi) is 3.46. The third-order valence-electron chi connectivity index (χ3n) is 1.58. The standard InChI is InChI=1S/C7H4ClF3N2O2/c8-6-4(13(14)15)1-3(2-12-6)5(9)7(10)11/h1-2,5,7H. The Morgan fingerprint density at radius 3 is 2.53 bits per heavy atom. The number of nitro groups is 1. The first-order valence-corrected chi connectivity index (χ1v) is 4.03. The first-order chi connectivity index (χ1) is 6.93. The molecule has 0 bridgehead atoms. The van der Waals surface area contributed by atoms with Crippen LogP contribution in [0.15, 0.2) is 12.3 Å². The summed E-state index contributed by atoms with van der Waals surface area (Å²) in [6.07, 6.45) is -5.12. The molecule has 0 spiro atoms. The van der Waals surface area contributed by atoms with Gasteiger partial charge in [0.25, 0.3) is 6.43 Å². The lowest BCUT2D eigenvalue weighted by atomic mass is 10.2. The highest BCUT2D eigenvalue weighted by molar-refractivity contribution is 6.31. The van der Waals surface area contributed by atoms with E-state index in [0.717, 1.165) is 6.20 Å². The predicted octanol–water partition coefficient (Wildman–Crippen LogP) is 2.92. The highest BCUT2D eigenvalue weighted by atomic mass is 35.5. The van der Waals surface area contributed by atoms with E-state index in [4.69, 9.17) is 11.6 Å². The van der Waals surface area contributed by atoms with Gasteiger partial charge in [-0.25, -0.2) is 18.2 Å². The molecule has 4 nitrogen and oxygen atoms in total.